The smallest absolute Gasteiger partial charge is 0.309 e. The van der Waals surface area contributed by atoms with E-state index >= 15 is 0 Å². The Labute approximate surface area is 129 Å². The molecule has 2 rings (SSSR count). The monoisotopic (exact) mass is 309 g/mol. The fraction of sp³-hybridized carbons (Fsp3) is 0.625. The lowest BCUT2D eigenvalue weighted by atomic mass is 9.74. The van der Waals surface area contributed by atoms with Gasteiger partial charge < -0.3 is 10.0 Å². The first kappa shape index (κ1) is 16.0. The fourth-order valence-corrected chi connectivity index (χ4v) is 3.51. The second-order valence-corrected chi connectivity index (χ2v) is 7.12. The number of hydrogen-bond donors (Lipinski definition) is 1. The molecular formula is C16H23NO3S. The number of carbonyl (C=O) groups is 2. The summed E-state index contributed by atoms with van der Waals surface area (Å²) in [7, 11) is 0. The second-order valence-electron chi connectivity index (χ2n) is 6.34. The van der Waals surface area contributed by atoms with E-state index in [1.165, 1.54) is 5.56 Å². The van der Waals surface area contributed by atoms with Crippen molar-refractivity contribution in [2.24, 2.45) is 11.3 Å². The number of thiophene rings is 1. The van der Waals surface area contributed by atoms with Crippen molar-refractivity contribution < 1.29 is 14.7 Å². The van der Waals surface area contributed by atoms with Crippen LogP contribution in [0.3, 0.4) is 0 Å². The normalized spacial score (nSPS) is 19.5. The van der Waals surface area contributed by atoms with Gasteiger partial charge in [-0.15, -0.1) is 0 Å². The molecule has 1 aliphatic rings. The van der Waals surface area contributed by atoms with Gasteiger partial charge in [0.2, 0.25) is 5.91 Å². The Hall–Kier alpha value is -1.36. The minimum absolute atomic E-state index is 0.0360. The Balaban J connectivity index is 1.91. The Bertz CT molecular complexity index is 496. The summed E-state index contributed by atoms with van der Waals surface area (Å²) < 4.78 is 0. The van der Waals surface area contributed by atoms with Crippen LogP contribution in [-0.2, 0) is 16.0 Å². The van der Waals surface area contributed by atoms with Gasteiger partial charge in [0.15, 0.2) is 0 Å². The molecule has 1 aromatic rings. The van der Waals surface area contributed by atoms with E-state index in [-0.39, 0.29) is 11.8 Å². The summed E-state index contributed by atoms with van der Waals surface area (Å²) in [6.45, 7) is 4.86. The highest BCUT2D eigenvalue weighted by molar-refractivity contribution is 7.07. The maximum absolute atomic E-state index is 12.3. The molecule has 0 aliphatic carbocycles. The number of aliphatic carboxylic acids is 1. The molecule has 1 amide bonds. The van der Waals surface area contributed by atoms with Crippen LogP contribution in [0.1, 0.15) is 38.7 Å². The lowest BCUT2D eigenvalue weighted by Gasteiger charge is -2.39. The Kier molecular flexibility index (Phi) is 5.04. The van der Waals surface area contributed by atoms with Crippen LogP contribution >= 0.6 is 11.3 Å². The number of rotatable bonds is 5. The Morgan fingerprint density at radius 3 is 2.86 bits per heavy atom. The van der Waals surface area contributed by atoms with E-state index in [2.05, 4.69) is 5.38 Å². The van der Waals surface area contributed by atoms with E-state index in [4.69, 9.17) is 0 Å². The highest BCUT2D eigenvalue weighted by Crippen LogP contribution is 2.34. The van der Waals surface area contributed by atoms with Crippen molar-refractivity contribution in [3.05, 3.63) is 22.4 Å². The predicted molar refractivity (Wildman–Crippen MR) is 83.4 cm³/mol. The summed E-state index contributed by atoms with van der Waals surface area (Å²) in [5.74, 6) is -0.596. The number of carboxylic acids is 1. The van der Waals surface area contributed by atoms with Crippen molar-refractivity contribution in [1.29, 1.82) is 0 Å². The average molecular weight is 309 g/mol. The number of piperidine rings is 1. The van der Waals surface area contributed by atoms with Crippen LogP contribution in [0.2, 0.25) is 0 Å². The van der Waals surface area contributed by atoms with E-state index < -0.39 is 11.4 Å². The fourth-order valence-electron chi connectivity index (χ4n) is 2.81. The summed E-state index contributed by atoms with van der Waals surface area (Å²) in [6, 6.07) is 2.05. The average Bonchev–Trinajstić information content (AvgIpc) is 2.98. The van der Waals surface area contributed by atoms with Crippen LogP contribution in [0.15, 0.2) is 16.8 Å². The molecule has 0 bridgehead atoms. The number of nitrogens with zero attached hydrogens (tertiary/aromatic N) is 1. The number of hydrogen-bond acceptors (Lipinski definition) is 3. The molecule has 1 fully saturated rings. The summed E-state index contributed by atoms with van der Waals surface area (Å²) in [5.41, 5.74) is 0.430. The van der Waals surface area contributed by atoms with E-state index in [1.807, 2.05) is 16.3 Å². The number of likely N-dealkylation sites (tertiary alicyclic amines) is 1. The van der Waals surface area contributed by atoms with Crippen molar-refractivity contribution in [1.82, 2.24) is 4.90 Å². The highest BCUT2D eigenvalue weighted by atomic mass is 32.1. The van der Waals surface area contributed by atoms with Crippen molar-refractivity contribution in [2.45, 2.75) is 39.5 Å². The number of carboxylic acid groups (broad SMARTS) is 1. The van der Waals surface area contributed by atoms with Gasteiger partial charge in [0.25, 0.3) is 0 Å². The van der Waals surface area contributed by atoms with Gasteiger partial charge >= 0.3 is 5.97 Å². The largest absolute Gasteiger partial charge is 0.481 e. The molecule has 4 nitrogen and oxygen atoms in total. The molecule has 0 saturated carbocycles. The molecule has 21 heavy (non-hydrogen) atoms. The van der Waals surface area contributed by atoms with Gasteiger partial charge in [-0.3, -0.25) is 9.59 Å². The second kappa shape index (κ2) is 6.60. The van der Waals surface area contributed by atoms with E-state index in [1.54, 1.807) is 25.2 Å². The first-order valence-corrected chi connectivity index (χ1v) is 8.38. The minimum Gasteiger partial charge on any atom is -0.481 e. The molecule has 2 heterocycles. The molecule has 5 heteroatoms. The van der Waals surface area contributed by atoms with E-state index in [0.29, 0.717) is 13.0 Å². The van der Waals surface area contributed by atoms with Crippen LogP contribution < -0.4 is 0 Å². The van der Waals surface area contributed by atoms with Gasteiger partial charge in [-0.05, 0) is 61.4 Å². The first-order chi connectivity index (χ1) is 9.91. The topological polar surface area (TPSA) is 57.6 Å². The number of carbonyl (C=O) groups excluding carboxylic acids is 1. The number of aryl methyl sites for hydroxylation is 1. The van der Waals surface area contributed by atoms with Gasteiger partial charge in [0.05, 0.1) is 5.41 Å². The summed E-state index contributed by atoms with van der Waals surface area (Å²) in [5, 5.41) is 13.4. The molecule has 1 atom stereocenters. The molecule has 0 aromatic carbocycles. The van der Waals surface area contributed by atoms with Gasteiger partial charge in [0.1, 0.15) is 0 Å². The quantitative estimate of drug-likeness (QED) is 0.909. The van der Waals surface area contributed by atoms with Crippen LogP contribution in [0, 0.1) is 11.3 Å². The molecule has 1 aromatic heterocycles. The van der Waals surface area contributed by atoms with Crippen molar-refractivity contribution in [3.8, 4) is 0 Å². The van der Waals surface area contributed by atoms with Crippen molar-refractivity contribution in [3.63, 3.8) is 0 Å². The molecule has 1 aliphatic heterocycles. The molecule has 1 saturated heterocycles. The zero-order chi connectivity index (χ0) is 15.5. The summed E-state index contributed by atoms with van der Waals surface area (Å²) in [6.07, 6.45) is 3.06. The van der Waals surface area contributed by atoms with E-state index in [0.717, 1.165) is 25.8 Å². The third-order valence-electron chi connectivity index (χ3n) is 4.55. The molecule has 0 radical (unpaired) electrons. The highest BCUT2D eigenvalue weighted by Gasteiger charge is 2.39. The summed E-state index contributed by atoms with van der Waals surface area (Å²) >= 11 is 1.64. The Morgan fingerprint density at radius 2 is 2.24 bits per heavy atom. The first-order valence-electron chi connectivity index (χ1n) is 7.43. The molecular weight excluding hydrogens is 286 g/mol. The third kappa shape index (κ3) is 3.84. The van der Waals surface area contributed by atoms with Gasteiger partial charge in [0, 0.05) is 19.5 Å². The molecule has 116 valence electrons. The zero-order valence-corrected chi connectivity index (χ0v) is 13.5. The van der Waals surface area contributed by atoms with Crippen molar-refractivity contribution in [2.75, 3.05) is 13.1 Å². The molecule has 0 unspecified atom stereocenters. The zero-order valence-electron chi connectivity index (χ0n) is 12.7. The van der Waals surface area contributed by atoms with E-state index in [9.17, 15) is 14.7 Å². The third-order valence-corrected chi connectivity index (χ3v) is 5.29. The lowest BCUT2D eigenvalue weighted by molar-refractivity contribution is -0.153. The van der Waals surface area contributed by atoms with Crippen LogP contribution in [-0.4, -0.2) is 35.0 Å². The Morgan fingerprint density at radius 1 is 1.48 bits per heavy atom. The maximum atomic E-state index is 12.3. The van der Waals surface area contributed by atoms with Gasteiger partial charge in [-0.2, -0.15) is 11.3 Å². The summed E-state index contributed by atoms with van der Waals surface area (Å²) in [4.78, 5) is 25.5. The van der Waals surface area contributed by atoms with Crippen LogP contribution in [0.4, 0.5) is 0 Å². The van der Waals surface area contributed by atoms with Crippen LogP contribution in [0.5, 0.6) is 0 Å². The van der Waals surface area contributed by atoms with Gasteiger partial charge in [-0.1, -0.05) is 0 Å². The molecule has 1 N–H and O–H groups in total. The predicted octanol–water partition coefficient (Wildman–Crippen LogP) is 3.03. The molecule has 0 spiro atoms. The maximum Gasteiger partial charge on any atom is 0.309 e. The lowest BCUT2D eigenvalue weighted by Crippen LogP contribution is -2.46. The standard InChI is InChI=1S/C16H23NO3S/c1-16(2,15(19)20)13-4-3-8-17(10-13)14(18)6-5-12-7-9-21-11-12/h7,9,11,13H,3-6,8,10H2,1-2H3,(H,19,20)/t13-/m0/s1. The number of amides is 1. The minimum atomic E-state index is -0.778. The van der Waals surface area contributed by atoms with Crippen LogP contribution in [0.25, 0.3) is 0 Å². The van der Waals surface area contributed by atoms with Crippen molar-refractivity contribution >= 4 is 23.2 Å². The SMILES string of the molecule is CC(C)(C(=O)O)[C@H]1CCCN(C(=O)CCc2ccsc2)C1. The van der Waals surface area contributed by atoms with Gasteiger partial charge in [-0.25, -0.2) is 0 Å².